The summed E-state index contributed by atoms with van der Waals surface area (Å²) in [6.07, 6.45) is 7.36. The van der Waals surface area contributed by atoms with Crippen molar-refractivity contribution in [2.75, 3.05) is 54.1 Å². The number of guanidine groups is 1. The van der Waals surface area contributed by atoms with Gasteiger partial charge in [0, 0.05) is 39.9 Å². The van der Waals surface area contributed by atoms with E-state index >= 15 is 0 Å². The molecule has 0 radical (unpaired) electrons. The lowest BCUT2D eigenvalue weighted by Gasteiger charge is -2.30. The van der Waals surface area contributed by atoms with Crippen molar-refractivity contribution in [1.82, 2.24) is 15.5 Å². The van der Waals surface area contributed by atoms with Gasteiger partial charge in [-0.3, -0.25) is 4.99 Å². The van der Waals surface area contributed by atoms with Crippen LogP contribution in [0.3, 0.4) is 0 Å². The first-order valence-electron chi connectivity index (χ1n) is 11.5. The van der Waals surface area contributed by atoms with Crippen molar-refractivity contribution in [3.63, 3.8) is 0 Å². The summed E-state index contributed by atoms with van der Waals surface area (Å²) in [5.74, 6) is 1.79. The Morgan fingerprint density at radius 1 is 1.10 bits per heavy atom. The molecule has 0 heterocycles. The van der Waals surface area contributed by atoms with Crippen LogP contribution in [0.1, 0.15) is 51.0 Å². The molecular formula is C24H42N4O2. The standard InChI is InChI=1S/C24H42N4O2/c1-5-29-18-15-24(13-6-7-14-24)20-27-23(25-2)26-19-21-9-11-22(12-10-21)30-17-8-16-28(3)4/h9-12H,5-8,13-20H2,1-4H3,(H2,25,26,27). The third kappa shape index (κ3) is 8.92. The van der Waals surface area contributed by atoms with Crippen molar-refractivity contribution in [2.24, 2.45) is 10.4 Å². The minimum absolute atomic E-state index is 0.346. The summed E-state index contributed by atoms with van der Waals surface area (Å²) in [6, 6.07) is 8.32. The van der Waals surface area contributed by atoms with E-state index in [2.05, 4.69) is 53.7 Å². The van der Waals surface area contributed by atoms with Gasteiger partial charge in [0.2, 0.25) is 0 Å². The molecule has 30 heavy (non-hydrogen) atoms. The van der Waals surface area contributed by atoms with Crippen LogP contribution >= 0.6 is 0 Å². The van der Waals surface area contributed by atoms with Gasteiger partial charge in [-0.2, -0.15) is 0 Å². The Balaban J connectivity index is 1.74. The van der Waals surface area contributed by atoms with Crippen LogP contribution in [0, 0.1) is 5.41 Å². The Bertz CT molecular complexity index is 610. The minimum atomic E-state index is 0.346. The number of nitrogens with one attached hydrogen (secondary N) is 2. The quantitative estimate of drug-likeness (QED) is 0.291. The zero-order chi connectivity index (χ0) is 21.7. The van der Waals surface area contributed by atoms with E-state index in [4.69, 9.17) is 9.47 Å². The molecule has 1 fully saturated rings. The molecule has 170 valence electrons. The second kappa shape index (κ2) is 13.5. The van der Waals surface area contributed by atoms with Crippen LogP contribution in [0.2, 0.25) is 0 Å². The van der Waals surface area contributed by atoms with Gasteiger partial charge in [-0.15, -0.1) is 0 Å². The van der Waals surface area contributed by atoms with E-state index in [9.17, 15) is 0 Å². The second-order valence-electron chi connectivity index (χ2n) is 8.58. The molecule has 0 saturated heterocycles. The molecule has 0 unspecified atom stereocenters. The molecule has 1 saturated carbocycles. The molecule has 1 aromatic carbocycles. The largest absolute Gasteiger partial charge is 0.494 e. The Morgan fingerprint density at radius 2 is 1.83 bits per heavy atom. The zero-order valence-electron chi connectivity index (χ0n) is 19.5. The molecule has 0 aliphatic heterocycles. The van der Waals surface area contributed by atoms with Crippen molar-refractivity contribution in [1.29, 1.82) is 0 Å². The Labute approximate surface area is 183 Å². The second-order valence-corrected chi connectivity index (χ2v) is 8.58. The van der Waals surface area contributed by atoms with E-state index in [1.165, 1.54) is 31.2 Å². The summed E-state index contributed by atoms with van der Waals surface area (Å²) in [5, 5.41) is 7.00. The molecule has 1 aliphatic rings. The number of hydrogen-bond donors (Lipinski definition) is 2. The number of benzene rings is 1. The first-order valence-corrected chi connectivity index (χ1v) is 11.5. The molecule has 1 aliphatic carbocycles. The highest BCUT2D eigenvalue weighted by Crippen LogP contribution is 2.40. The van der Waals surface area contributed by atoms with Gasteiger partial charge in [-0.05, 0) is 69.8 Å². The molecule has 2 rings (SSSR count). The van der Waals surface area contributed by atoms with Crippen molar-refractivity contribution in [3.05, 3.63) is 29.8 Å². The van der Waals surface area contributed by atoms with E-state index < -0.39 is 0 Å². The molecule has 0 amide bonds. The monoisotopic (exact) mass is 418 g/mol. The summed E-state index contributed by atoms with van der Waals surface area (Å²) >= 11 is 0. The van der Waals surface area contributed by atoms with Gasteiger partial charge < -0.3 is 25.0 Å². The van der Waals surface area contributed by atoms with E-state index in [-0.39, 0.29) is 0 Å². The SMILES string of the molecule is CCOCCC1(CNC(=NC)NCc2ccc(OCCCN(C)C)cc2)CCCC1. The molecule has 0 atom stereocenters. The van der Waals surface area contributed by atoms with E-state index in [0.29, 0.717) is 5.41 Å². The first-order chi connectivity index (χ1) is 14.6. The Hall–Kier alpha value is -1.79. The summed E-state index contributed by atoms with van der Waals surface area (Å²) in [4.78, 5) is 6.58. The number of ether oxygens (including phenoxy) is 2. The maximum Gasteiger partial charge on any atom is 0.191 e. The molecule has 0 aromatic heterocycles. The highest BCUT2D eigenvalue weighted by molar-refractivity contribution is 5.79. The van der Waals surface area contributed by atoms with Crippen LogP contribution in [0.4, 0.5) is 0 Å². The van der Waals surface area contributed by atoms with Gasteiger partial charge in [0.15, 0.2) is 5.96 Å². The van der Waals surface area contributed by atoms with Crippen LogP contribution in [-0.2, 0) is 11.3 Å². The van der Waals surface area contributed by atoms with Crippen molar-refractivity contribution < 1.29 is 9.47 Å². The molecule has 2 N–H and O–H groups in total. The molecule has 1 aromatic rings. The van der Waals surface area contributed by atoms with Gasteiger partial charge >= 0.3 is 0 Å². The number of rotatable bonds is 13. The average molecular weight is 419 g/mol. The third-order valence-corrected chi connectivity index (χ3v) is 5.90. The maximum atomic E-state index is 5.81. The molecule has 0 bridgehead atoms. The van der Waals surface area contributed by atoms with Gasteiger partial charge in [0.05, 0.1) is 6.61 Å². The summed E-state index contributed by atoms with van der Waals surface area (Å²) in [5.41, 5.74) is 1.56. The lowest BCUT2D eigenvalue weighted by Crippen LogP contribution is -2.43. The van der Waals surface area contributed by atoms with Crippen LogP contribution < -0.4 is 15.4 Å². The van der Waals surface area contributed by atoms with Gasteiger partial charge in [-0.25, -0.2) is 0 Å². The predicted octanol–water partition coefficient (Wildman–Crippen LogP) is 3.67. The van der Waals surface area contributed by atoms with Crippen LogP contribution in [0.15, 0.2) is 29.3 Å². The molecule has 6 heteroatoms. The molecular weight excluding hydrogens is 376 g/mol. The van der Waals surface area contributed by atoms with Gasteiger partial charge in [0.1, 0.15) is 5.75 Å². The fourth-order valence-corrected chi connectivity index (χ4v) is 4.03. The normalized spacial score (nSPS) is 16.1. The zero-order valence-corrected chi connectivity index (χ0v) is 19.5. The maximum absolute atomic E-state index is 5.81. The van der Waals surface area contributed by atoms with Gasteiger partial charge in [-0.1, -0.05) is 25.0 Å². The lowest BCUT2D eigenvalue weighted by molar-refractivity contribution is 0.105. The van der Waals surface area contributed by atoms with Crippen LogP contribution in [0.25, 0.3) is 0 Å². The first kappa shape index (κ1) is 24.5. The van der Waals surface area contributed by atoms with Crippen molar-refractivity contribution in [2.45, 2.75) is 52.0 Å². The van der Waals surface area contributed by atoms with Crippen molar-refractivity contribution in [3.8, 4) is 5.75 Å². The number of nitrogens with zero attached hydrogens (tertiary/aromatic N) is 2. The van der Waals surface area contributed by atoms with E-state index in [1.807, 2.05) is 19.2 Å². The smallest absolute Gasteiger partial charge is 0.191 e. The number of aliphatic imine (C=N–C) groups is 1. The molecule has 0 spiro atoms. The Kier molecular flexibility index (Phi) is 11.0. The average Bonchev–Trinajstić information content (AvgIpc) is 3.21. The highest BCUT2D eigenvalue weighted by atomic mass is 16.5. The third-order valence-electron chi connectivity index (χ3n) is 5.90. The fraction of sp³-hybridized carbons (Fsp3) is 0.708. The van der Waals surface area contributed by atoms with Crippen molar-refractivity contribution >= 4 is 5.96 Å². The van der Waals surface area contributed by atoms with E-state index in [0.717, 1.165) is 64.0 Å². The predicted molar refractivity (Wildman–Crippen MR) is 125 cm³/mol. The topological polar surface area (TPSA) is 58.1 Å². The van der Waals surface area contributed by atoms with Crippen LogP contribution in [0.5, 0.6) is 5.75 Å². The lowest BCUT2D eigenvalue weighted by atomic mass is 9.83. The fourth-order valence-electron chi connectivity index (χ4n) is 4.03. The number of hydrogen-bond acceptors (Lipinski definition) is 4. The van der Waals surface area contributed by atoms with Crippen LogP contribution in [-0.4, -0.2) is 64.9 Å². The minimum Gasteiger partial charge on any atom is -0.494 e. The molecule has 6 nitrogen and oxygen atoms in total. The Morgan fingerprint density at radius 3 is 2.47 bits per heavy atom. The summed E-state index contributed by atoms with van der Waals surface area (Å²) in [7, 11) is 6.00. The van der Waals surface area contributed by atoms with E-state index in [1.54, 1.807) is 0 Å². The van der Waals surface area contributed by atoms with Gasteiger partial charge in [0.25, 0.3) is 0 Å². The highest BCUT2D eigenvalue weighted by Gasteiger charge is 2.33. The summed E-state index contributed by atoms with van der Waals surface area (Å²) < 4.78 is 11.4. The summed E-state index contributed by atoms with van der Waals surface area (Å²) in [6.45, 7) is 7.21.